The first-order valence-corrected chi connectivity index (χ1v) is 7.21. The molecule has 21 heavy (non-hydrogen) atoms. The number of rotatable bonds is 7. The van der Waals surface area contributed by atoms with Crippen LogP contribution in [0.4, 0.5) is 13.2 Å². The fourth-order valence-electron chi connectivity index (χ4n) is 1.97. The number of allylic oxidation sites excluding steroid dienone is 1. The van der Waals surface area contributed by atoms with Crippen LogP contribution in [0.5, 0.6) is 0 Å². The lowest BCUT2D eigenvalue weighted by Crippen LogP contribution is -2.38. The maximum Gasteiger partial charge on any atom is 0.471 e. The molecule has 0 aromatic heterocycles. The fourth-order valence-corrected chi connectivity index (χ4v) is 1.97. The zero-order valence-corrected chi connectivity index (χ0v) is 12.0. The van der Waals surface area contributed by atoms with Gasteiger partial charge in [-0.15, -0.1) is 0 Å². The van der Waals surface area contributed by atoms with Gasteiger partial charge in [-0.1, -0.05) is 25.0 Å². The summed E-state index contributed by atoms with van der Waals surface area (Å²) in [6, 6.07) is 0. The molecule has 0 aliphatic heterocycles. The van der Waals surface area contributed by atoms with Crippen LogP contribution in [0.1, 0.15) is 32.1 Å². The minimum Gasteiger partial charge on any atom is -0.377 e. The first-order valence-electron chi connectivity index (χ1n) is 7.21. The highest BCUT2D eigenvalue weighted by Crippen LogP contribution is 2.14. The normalized spacial score (nSPS) is 21.4. The first kappa shape index (κ1) is 18.0. The molecular formula is C14H22F3NO3. The maximum atomic E-state index is 11.9. The highest BCUT2D eigenvalue weighted by molar-refractivity contribution is 5.81. The number of amides is 1. The summed E-state index contributed by atoms with van der Waals surface area (Å²) in [5.74, 6) is -1.94. The van der Waals surface area contributed by atoms with E-state index in [4.69, 9.17) is 9.47 Å². The van der Waals surface area contributed by atoms with Crippen LogP contribution in [0.2, 0.25) is 0 Å². The minimum atomic E-state index is -4.84. The minimum absolute atomic E-state index is 0.0334. The van der Waals surface area contributed by atoms with Gasteiger partial charge in [-0.3, -0.25) is 4.79 Å². The van der Waals surface area contributed by atoms with Crippen LogP contribution >= 0.6 is 0 Å². The van der Waals surface area contributed by atoms with Crippen LogP contribution in [0.3, 0.4) is 0 Å². The second kappa shape index (κ2) is 9.78. The largest absolute Gasteiger partial charge is 0.471 e. The van der Waals surface area contributed by atoms with E-state index in [1.165, 1.54) is 12.8 Å². The van der Waals surface area contributed by atoms with E-state index in [9.17, 15) is 18.0 Å². The Morgan fingerprint density at radius 2 is 2.00 bits per heavy atom. The molecule has 1 rings (SSSR count). The number of hydrogen-bond donors (Lipinski definition) is 1. The summed E-state index contributed by atoms with van der Waals surface area (Å²) >= 11 is 0. The van der Waals surface area contributed by atoms with Gasteiger partial charge in [-0.25, -0.2) is 0 Å². The van der Waals surface area contributed by atoms with Gasteiger partial charge in [0.15, 0.2) is 0 Å². The SMILES string of the molecule is O=C(NCCOCCOC1/C=C\CCCCC1)C(F)(F)F. The van der Waals surface area contributed by atoms with Gasteiger partial charge in [-0.2, -0.15) is 13.2 Å². The number of hydrogen-bond acceptors (Lipinski definition) is 3. The second-order valence-corrected chi connectivity index (χ2v) is 4.84. The van der Waals surface area contributed by atoms with Crippen molar-refractivity contribution in [2.24, 2.45) is 0 Å². The molecule has 7 heteroatoms. The summed E-state index contributed by atoms with van der Waals surface area (Å²) in [5, 5.41) is 1.74. The third kappa shape index (κ3) is 8.72. The van der Waals surface area contributed by atoms with Crippen molar-refractivity contribution < 1.29 is 27.4 Å². The van der Waals surface area contributed by atoms with E-state index in [-0.39, 0.29) is 19.3 Å². The van der Waals surface area contributed by atoms with Crippen LogP contribution < -0.4 is 5.32 Å². The molecule has 0 spiro atoms. The molecule has 0 saturated heterocycles. The molecule has 1 N–H and O–H groups in total. The Kier molecular flexibility index (Phi) is 8.37. The van der Waals surface area contributed by atoms with E-state index >= 15 is 0 Å². The third-order valence-corrected chi connectivity index (χ3v) is 3.06. The van der Waals surface area contributed by atoms with Gasteiger partial charge >= 0.3 is 12.1 Å². The molecule has 1 atom stereocenters. The predicted molar refractivity (Wildman–Crippen MR) is 71.8 cm³/mol. The Bertz CT molecular complexity index is 332. The summed E-state index contributed by atoms with van der Waals surface area (Å²) in [4.78, 5) is 10.5. The summed E-state index contributed by atoms with van der Waals surface area (Å²) in [6.45, 7) is 0.557. The molecule has 122 valence electrons. The van der Waals surface area contributed by atoms with Crippen molar-refractivity contribution in [3.63, 3.8) is 0 Å². The van der Waals surface area contributed by atoms with Crippen molar-refractivity contribution in [2.45, 2.75) is 44.4 Å². The van der Waals surface area contributed by atoms with Crippen molar-refractivity contribution in [1.29, 1.82) is 0 Å². The zero-order chi connectivity index (χ0) is 15.6. The molecule has 1 unspecified atom stereocenters. The lowest BCUT2D eigenvalue weighted by molar-refractivity contribution is -0.173. The van der Waals surface area contributed by atoms with Gasteiger partial charge in [0.25, 0.3) is 0 Å². The summed E-state index contributed by atoms with van der Waals surface area (Å²) in [7, 11) is 0. The Morgan fingerprint density at radius 3 is 2.76 bits per heavy atom. The molecule has 0 fully saturated rings. The Hall–Kier alpha value is -1.08. The Morgan fingerprint density at radius 1 is 1.19 bits per heavy atom. The van der Waals surface area contributed by atoms with Crippen molar-refractivity contribution in [1.82, 2.24) is 5.32 Å². The monoisotopic (exact) mass is 309 g/mol. The van der Waals surface area contributed by atoms with E-state index < -0.39 is 12.1 Å². The molecule has 0 heterocycles. The topological polar surface area (TPSA) is 47.6 Å². The number of carbonyl (C=O) groups is 1. The van der Waals surface area contributed by atoms with E-state index in [0.717, 1.165) is 19.3 Å². The summed E-state index contributed by atoms with van der Waals surface area (Å²) < 4.78 is 46.3. The lowest BCUT2D eigenvalue weighted by Gasteiger charge is -2.16. The molecular weight excluding hydrogens is 287 g/mol. The van der Waals surface area contributed by atoms with Crippen LogP contribution in [0.25, 0.3) is 0 Å². The van der Waals surface area contributed by atoms with Crippen molar-refractivity contribution in [3.8, 4) is 0 Å². The van der Waals surface area contributed by atoms with Crippen molar-refractivity contribution in [2.75, 3.05) is 26.4 Å². The van der Waals surface area contributed by atoms with Crippen molar-refractivity contribution in [3.05, 3.63) is 12.2 Å². The lowest BCUT2D eigenvalue weighted by atomic mass is 10.0. The highest BCUT2D eigenvalue weighted by Gasteiger charge is 2.38. The van der Waals surface area contributed by atoms with Gasteiger partial charge in [-0.05, 0) is 19.3 Å². The van der Waals surface area contributed by atoms with E-state index in [2.05, 4.69) is 12.2 Å². The smallest absolute Gasteiger partial charge is 0.377 e. The van der Waals surface area contributed by atoms with E-state index in [1.54, 1.807) is 5.32 Å². The standard InChI is InChI=1S/C14H22F3NO3/c15-14(16,17)13(19)18-8-9-20-10-11-21-12-6-4-2-1-3-5-7-12/h4,6,12H,1-3,5,7-11H2,(H,18,19)/b6-4-. The fraction of sp³-hybridized carbons (Fsp3) is 0.786. The summed E-state index contributed by atoms with van der Waals surface area (Å²) in [5.41, 5.74) is 0. The highest BCUT2D eigenvalue weighted by atomic mass is 19.4. The molecule has 0 bridgehead atoms. The van der Waals surface area contributed by atoms with Crippen LogP contribution in [-0.4, -0.2) is 44.6 Å². The first-order chi connectivity index (χ1) is 10.00. The number of alkyl halides is 3. The van der Waals surface area contributed by atoms with Gasteiger partial charge < -0.3 is 14.8 Å². The van der Waals surface area contributed by atoms with Gasteiger partial charge in [0.2, 0.25) is 0 Å². The van der Waals surface area contributed by atoms with Crippen LogP contribution in [0, 0.1) is 0 Å². The quantitative estimate of drug-likeness (QED) is 0.581. The molecule has 1 aliphatic rings. The second-order valence-electron chi connectivity index (χ2n) is 4.84. The van der Waals surface area contributed by atoms with E-state index in [1.807, 2.05) is 0 Å². The van der Waals surface area contributed by atoms with Crippen LogP contribution in [0.15, 0.2) is 12.2 Å². The summed E-state index contributed by atoms with van der Waals surface area (Å²) in [6.07, 6.45) is 5.06. The third-order valence-electron chi connectivity index (χ3n) is 3.06. The Labute approximate surface area is 122 Å². The average molecular weight is 309 g/mol. The van der Waals surface area contributed by atoms with Crippen molar-refractivity contribution >= 4 is 5.91 Å². The van der Waals surface area contributed by atoms with Gasteiger partial charge in [0.1, 0.15) is 0 Å². The molecule has 0 radical (unpaired) electrons. The zero-order valence-electron chi connectivity index (χ0n) is 12.0. The molecule has 1 aliphatic carbocycles. The van der Waals surface area contributed by atoms with E-state index in [0.29, 0.717) is 13.2 Å². The molecule has 4 nitrogen and oxygen atoms in total. The number of ether oxygens (including phenoxy) is 2. The number of nitrogens with one attached hydrogen (secondary N) is 1. The number of halogens is 3. The molecule has 0 saturated carbocycles. The molecule has 0 aromatic rings. The molecule has 1 amide bonds. The number of carbonyl (C=O) groups excluding carboxylic acids is 1. The maximum absolute atomic E-state index is 11.9. The molecule has 0 aromatic carbocycles. The van der Waals surface area contributed by atoms with Crippen LogP contribution in [-0.2, 0) is 14.3 Å². The Balaban J connectivity index is 1.99. The van der Waals surface area contributed by atoms with Gasteiger partial charge in [0.05, 0.1) is 25.9 Å². The predicted octanol–water partition coefficient (Wildman–Crippen LogP) is 2.59. The average Bonchev–Trinajstić information content (AvgIpc) is 2.38. The van der Waals surface area contributed by atoms with Gasteiger partial charge in [0, 0.05) is 6.54 Å².